The summed E-state index contributed by atoms with van der Waals surface area (Å²) in [5.74, 6) is -0.946. The van der Waals surface area contributed by atoms with Crippen LogP contribution >= 0.6 is 11.6 Å². The number of amides is 2. The van der Waals surface area contributed by atoms with Crippen molar-refractivity contribution >= 4 is 29.1 Å². The number of carbonyl (C=O) groups excluding carboxylic acids is 2. The Morgan fingerprint density at radius 2 is 1.64 bits per heavy atom. The number of halogens is 2. The van der Waals surface area contributed by atoms with E-state index in [0.717, 1.165) is 15.4 Å². The van der Waals surface area contributed by atoms with Crippen molar-refractivity contribution in [1.29, 1.82) is 0 Å². The second-order valence-electron chi connectivity index (χ2n) is 7.50. The molecule has 2 aliphatic heterocycles. The van der Waals surface area contributed by atoms with Gasteiger partial charge in [0.1, 0.15) is 11.4 Å². The molecule has 0 radical (unpaired) electrons. The van der Waals surface area contributed by atoms with Crippen LogP contribution in [0.3, 0.4) is 0 Å². The number of hydrogen-bond acceptors (Lipinski definition) is 3. The van der Waals surface area contributed by atoms with E-state index in [9.17, 15) is 19.1 Å². The quantitative estimate of drug-likeness (QED) is 0.766. The van der Waals surface area contributed by atoms with E-state index in [1.165, 1.54) is 24.3 Å². The first-order valence-corrected chi connectivity index (χ1v) is 9.70. The third-order valence-electron chi connectivity index (χ3n) is 5.83. The second kappa shape index (κ2) is 7.28. The van der Waals surface area contributed by atoms with Crippen molar-refractivity contribution in [2.24, 2.45) is 0 Å². The van der Waals surface area contributed by atoms with Gasteiger partial charge in [-0.15, -0.1) is 0 Å². The maximum absolute atomic E-state index is 13.1. The van der Waals surface area contributed by atoms with E-state index in [2.05, 4.69) is 0 Å². The Morgan fingerprint density at radius 3 is 2.25 bits per heavy atom. The van der Waals surface area contributed by atoms with Crippen LogP contribution in [0.15, 0.2) is 48.5 Å². The summed E-state index contributed by atoms with van der Waals surface area (Å²) < 4.78 is 13.1. The Labute approximate surface area is 167 Å². The third kappa shape index (κ3) is 3.43. The summed E-state index contributed by atoms with van der Waals surface area (Å²) in [6, 6.07) is 12.1. The van der Waals surface area contributed by atoms with Gasteiger partial charge in [0.2, 0.25) is 5.91 Å². The molecule has 2 heterocycles. The van der Waals surface area contributed by atoms with Crippen molar-refractivity contribution < 1.29 is 24.0 Å². The van der Waals surface area contributed by atoms with Gasteiger partial charge in [-0.3, -0.25) is 9.59 Å². The Morgan fingerprint density at radius 1 is 1.04 bits per heavy atom. The molecule has 0 aromatic heterocycles. The zero-order valence-corrected chi connectivity index (χ0v) is 16.0. The Balaban J connectivity index is 1.46. The maximum Gasteiger partial charge on any atom is 0.292 e. The van der Waals surface area contributed by atoms with Gasteiger partial charge in [0.25, 0.3) is 5.91 Å². The number of quaternary nitrogens is 1. The van der Waals surface area contributed by atoms with Gasteiger partial charge in [0.05, 0.1) is 25.2 Å². The molecule has 0 aliphatic carbocycles. The van der Waals surface area contributed by atoms with Crippen molar-refractivity contribution in [2.45, 2.75) is 30.9 Å². The van der Waals surface area contributed by atoms with Crippen LogP contribution in [-0.2, 0) is 15.2 Å². The molecule has 2 aromatic rings. The highest BCUT2D eigenvalue weighted by Crippen LogP contribution is 2.31. The molecule has 0 bridgehead atoms. The number of nitrogens with zero attached hydrogens (tertiary/aromatic N) is 1. The molecular weight excluding hydrogens is 383 g/mol. The van der Waals surface area contributed by atoms with Crippen LogP contribution < -0.4 is 9.80 Å². The van der Waals surface area contributed by atoms with Crippen LogP contribution in [0.4, 0.5) is 10.1 Å². The molecule has 2 aromatic carbocycles. The lowest BCUT2D eigenvalue weighted by atomic mass is 9.84. The highest BCUT2D eigenvalue weighted by molar-refractivity contribution is 6.30. The highest BCUT2D eigenvalue weighted by Gasteiger charge is 2.48. The third-order valence-corrected chi connectivity index (χ3v) is 6.08. The topological polar surface area (TPSA) is 62.1 Å². The molecule has 0 saturated carbocycles. The van der Waals surface area contributed by atoms with E-state index in [-0.39, 0.29) is 18.2 Å². The van der Waals surface area contributed by atoms with Gasteiger partial charge in [-0.1, -0.05) is 23.7 Å². The summed E-state index contributed by atoms with van der Waals surface area (Å²) in [5, 5.41) is 11.6. The van der Waals surface area contributed by atoms with Crippen LogP contribution in [0, 0.1) is 5.82 Å². The lowest BCUT2D eigenvalue weighted by Gasteiger charge is -2.38. The number of imide groups is 1. The molecule has 146 valence electrons. The predicted molar refractivity (Wildman–Crippen MR) is 103 cm³/mol. The normalized spacial score (nSPS) is 28.0. The molecule has 2 aliphatic rings. The Bertz CT molecular complexity index is 893. The Hall–Kier alpha value is -2.28. The summed E-state index contributed by atoms with van der Waals surface area (Å²) in [5.41, 5.74) is 0.266. The van der Waals surface area contributed by atoms with E-state index >= 15 is 0 Å². The fourth-order valence-corrected chi connectivity index (χ4v) is 4.32. The fraction of sp³-hybridized carbons (Fsp3) is 0.333. The lowest BCUT2D eigenvalue weighted by molar-refractivity contribution is -0.922. The van der Waals surface area contributed by atoms with E-state index in [1.54, 1.807) is 12.1 Å². The second-order valence-corrected chi connectivity index (χ2v) is 7.93. The number of hydrogen-bond donors (Lipinski definition) is 2. The van der Waals surface area contributed by atoms with Crippen molar-refractivity contribution in [1.82, 2.24) is 0 Å². The molecule has 4 rings (SSSR count). The molecule has 0 spiro atoms. The SMILES string of the molecule is O=C1C[C@H]([NH+]2CCC(O)(c3ccc(Cl)cc3)CC2)C(=O)N1c1ccc(F)cc1. The average molecular weight is 404 g/mol. The maximum atomic E-state index is 13.1. The molecule has 2 amide bonds. The van der Waals surface area contributed by atoms with Gasteiger partial charge in [-0.05, 0) is 42.0 Å². The first kappa shape index (κ1) is 19.1. The standard InChI is InChI=1S/C21H20ClFN2O3/c22-15-3-1-14(2-4-15)21(28)9-11-24(12-10-21)18-13-19(26)25(20(18)27)17-7-5-16(23)6-8-17/h1-8,18,28H,9-13H2/p+1/t18-/m0/s1. The van der Waals surface area contributed by atoms with E-state index in [0.29, 0.717) is 36.6 Å². The molecule has 2 fully saturated rings. The van der Waals surface area contributed by atoms with Gasteiger partial charge in [-0.2, -0.15) is 0 Å². The first-order valence-electron chi connectivity index (χ1n) is 9.33. The summed E-state index contributed by atoms with van der Waals surface area (Å²) in [6.45, 7) is 1.17. The number of likely N-dealkylation sites (tertiary alicyclic amines) is 1. The number of nitrogens with one attached hydrogen (secondary N) is 1. The average Bonchev–Trinajstić information content (AvgIpc) is 2.98. The smallest absolute Gasteiger partial charge is 0.292 e. The zero-order valence-electron chi connectivity index (χ0n) is 15.2. The summed E-state index contributed by atoms with van der Waals surface area (Å²) >= 11 is 5.93. The van der Waals surface area contributed by atoms with Crippen molar-refractivity contribution in [3.8, 4) is 0 Å². The molecule has 1 atom stereocenters. The minimum Gasteiger partial charge on any atom is -0.385 e. The minimum atomic E-state index is -0.948. The van der Waals surface area contributed by atoms with E-state index < -0.39 is 17.5 Å². The molecule has 2 saturated heterocycles. The largest absolute Gasteiger partial charge is 0.385 e. The summed E-state index contributed by atoms with van der Waals surface area (Å²) in [7, 11) is 0. The summed E-state index contributed by atoms with van der Waals surface area (Å²) in [4.78, 5) is 27.5. The van der Waals surface area contributed by atoms with Crippen molar-refractivity contribution in [3.63, 3.8) is 0 Å². The van der Waals surface area contributed by atoms with Crippen LogP contribution in [0.1, 0.15) is 24.8 Å². The van der Waals surface area contributed by atoms with Crippen molar-refractivity contribution in [3.05, 3.63) is 64.9 Å². The van der Waals surface area contributed by atoms with Gasteiger partial charge in [0, 0.05) is 17.9 Å². The highest BCUT2D eigenvalue weighted by atomic mass is 35.5. The van der Waals surface area contributed by atoms with Crippen LogP contribution in [-0.4, -0.2) is 36.1 Å². The van der Waals surface area contributed by atoms with Crippen LogP contribution in [0.5, 0.6) is 0 Å². The van der Waals surface area contributed by atoms with Crippen LogP contribution in [0.25, 0.3) is 0 Å². The minimum absolute atomic E-state index is 0.130. The number of carbonyl (C=O) groups is 2. The molecule has 0 unspecified atom stereocenters. The monoisotopic (exact) mass is 403 g/mol. The van der Waals surface area contributed by atoms with Gasteiger partial charge >= 0.3 is 0 Å². The van der Waals surface area contributed by atoms with Gasteiger partial charge in [0.15, 0.2) is 6.04 Å². The van der Waals surface area contributed by atoms with Gasteiger partial charge < -0.3 is 10.0 Å². The van der Waals surface area contributed by atoms with Crippen molar-refractivity contribution in [2.75, 3.05) is 18.0 Å². The number of piperidine rings is 1. The fourth-order valence-electron chi connectivity index (χ4n) is 4.19. The summed E-state index contributed by atoms with van der Waals surface area (Å²) in [6.07, 6.45) is 1.13. The molecular formula is C21H21ClFN2O3+. The van der Waals surface area contributed by atoms with Crippen LogP contribution in [0.2, 0.25) is 5.02 Å². The molecule has 5 nitrogen and oxygen atoms in total. The first-order chi connectivity index (χ1) is 13.4. The molecule has 2 N–H and O–H groups in total. The van der Waals surface area contributed by atoms with E-state index in [1.807, 2.05) is 12.1 Å². The predicted octanol–water partition coefficient (Wildman–Crippen LogP) is 1.68. The van der Waals surface area contributed by atoms with Gasteiger partial charge in [-0.25, -0.2) is 9.29 Å². The molecule has 28 heavy (non-hydrogen) atoms. The number of benzene rings is 2. The number of anilines is 1. The number of aliphatic hydroxyl groups is 1. The lowest BCUT2D eigenvalue weighted by Crippen LogP contribution is -3.18. The Kier molecular flexibility index (Phi) is 4.95. The van der Waals surface area contributed by atoms with E-state index in [4.69, 9.17) is 11.6 Å². The zero-order chi connectivity index (χ0) is 19.9. The number of rotatable bonds is 3. The molecule has 7 heteroatoms.